The van der Waals surface area contributed by atoms with Gasteiger partial charge in [-0.1, -0.05) is 59.6 Å². The van der Waals surface area contributed by atoms with Crippen molar-refractivity contribution in [2.75, 3.05) is 11.6 Å². The summed E-state index contributed by atoms with van der Waals surface area (Å²) in [7, 11) is 0. The monoisotopic (exact) mass is 456 g/mol. The Kier molecular flexibility index (Phi) is 7.57. The van der Waals surface area contributed by atoms with E-state index in [2.05, 4.69) is 10.6 Å². The second-order valence-corrected chi connectivity index (χ2v) is 7.87. The van der Waals surface area contributed by atoms with E-state index < -0.39 is 11.8 Å². The zero-order chi connectivity index (χ0) is 21.5. The molecule has 0 bridgehead atoms. The standard InChI is InChI=1S/C23H18Cl2N2O2S/c1-30-18-11-6-10-17(14-18)26-23(29)20(13-16-9-5-12-19(24)21(16)25)27-22(28)15-7-3-2-4-8-15/h2-14H,1H3,(H,26,29)(H,27,28)/b20-13+. The van der Waals surface area contributed by atoms with Gasteiger partial charge in [-0.05, 0) is 54.3 Å². The summed E-state index contributed by atoms with van der Waals surface area (Å²) in [5.41, 5.74) is 1.60. The predicted octanol–water partition coefficient (Wildman–Crippen LogP) is 6.12. The van der Waals surface area contributed by atoms with Gasteiger partial charge in [0, 0.05) is 16.1 Å². The molecule has 0 aromatic heterocycles. The van der Waals surface area contributed by atoms with Gasteiger partial charge in [0.15, 0.2) is 0 Å². The van der Waals surface area contributed by atoms with Crippen molar-refractivity contribution in [3.63, 3.8) is 0 Å². The molecule has 0 saturated carbocycles. The van der Waals surface area contributed by atoms with E-state index in [4.69, 9.17) is 23.2 Å². The first-order chi connectivity index (χ1) is 14.5. The Bertz CT molecular complexity index is 1100. The Labute approximate surface area is 189 Å². The van der Waals surface area contributed by atoms with Crippen molar-refractivity contribution >= 4 is 58.5 Å². The molecule has 0 heterocycles. The third-order valence-electron chi connectivity index (χ3n) is 4.14. The van der Waals surface area contributed by atoms with Crippen molar-refractivity contribution in [1.29, 1.82) is 0 Å². The molecule has 3 aromatic rings. The van der Waals surface area contributed by atoms with Crippen LogP contribution in [0.25, 0.3) is 6.08 Å². The molecule has 152 valence electrons. The molecule has 0 atom stereocenters. The minimum absolute atomic E-state index is 0.0441. The third kappa shape index (κ3) is 5.66. The van der Waals surface area contributed by atoms with E-state index in [1.807, 2.05) is 30.5 Å². The van der Waals surface area contributed by atoms with Gasteiger partial charge in [-0.3, -0.25) is 9.59 Å². The van der Waals surface area contributed by atoms with Gasteiger partial charge < -0.3 is 10.6 Å². The summed E-state index contributed by atoms with van der Waals surface area (Å²) in [6.07, 6.45) is 3.45. The van der Waals surface area contributed by atoms with Gasteiger partial charge in [0.1, 0.15) is 5.70 Å². The maximum Gasteiger partial charge on any atom is 0.272 e. The smallest absolute Gasteiger partial charge is 0.272 e. The van der Waals surface area contributed by atoms with Crippen LogP contribution in [0.15, 0.2) is 83.4 Å². The molecule has 2 amide bonds. The summed E-state index contributed by atoms with van der Waals surface area (Å²) in [6.45, 7) is 0. The molecule has 0 aliphatic heterocycles. The van der Waals surface area contributed by atoms with Crippen LogP contribution in [-0.2, 0) is 4.79 Å². The predicted molar refractivity (Wildman–Crippen MR) is 125 cm³/mol. The first kappa shape index (κ1) is 22.0. The molecule has 0 fully saturated rings. The highest BCUT2D eigenvalue weighted by Gasteiger charge is 2.16. The minimum Gasteiger partial charge on any atom is -0.321 e. The number of hydrogen-bond acceptors (Lipinski definition) is 3. The number of halogens is 2. The molecule has 0 radical (unpaired) electrons. The number of anilines is 1. The summed E-state index contributed by atoms with van der Waals surface area (Å²) in [5, 5.41) is 6.15. The van der Waals surface area contributed by atoms with E-state index in [0.29, 0.717) is 26.9 Å². The lowest BCUT2D eigenvalue weighted by molar-refractivity contribution is -0.113. The molecule has 0 spiro atoms. The number of carbonyl (C=O) groups is 2. The fraction of sp³-hybridized carbons (Fsp3) is 0.0435. The normalized spacial score (nSPS) is 11.1. The van der Waals surface area contributed by atoms with Crippen LogP contribution in [0, 0.1) is 0 Å². The SMILES string of the molecule is CSc1cccc(NC(=O)/C(=C\c2cccc(Cl)c2Cl)NC(=O)c2ccccc2)c1. The molecule has 2 N–H and O–H groups in total. The lowest BCUT2D eigenvalue weighted by Gasteiger charge is -2.12. The number of rotatable bonds is 6. The van der Waals surface area contributed by atoms with Crippen molar-refractivity contribution in [2.24, 2.45) is 0 Å². The molecule has 7 heteroatoms. The molecule has 0 aliphatic carbocycles. The van der Waals surface area contributed by atoms with Gasteiger partial charge in [0.05, 0.1) is 10.0 Å². The van der Waals surface area contributed by atoms with Crippen molar-refractivity contribution in [2.45, 2.75) is 4.90 Å². The number of amides is 2. The summed E-state index contributed by atoms with van der Waals surface area (Å²) < 4.78 is 0. The number of carbonyl (C=O) groups excluding carboxylic acids is 2. The van der Waals surface area contributed by atoms with E-state index in [1.54, 1.807) is 60.3 Å². The van der Waals surface area contributed by atoms with Crippen LogP contribution in [0.1, 0.15) is 15.9 Å². The molecule has 0 saturated heterocycles. The first-order valence-electron chi connectivity index (χ1n) is 8.95. The van der Waals surface area contributed by atoms with Crippen LogP contribution in [0.4, 0.5) is 5.69 Å². The molecule has 0 unspecified atom stereocenters. The Hall–Kier alpha value is -2.73. The van der Waals surface area contributed by atoms with Crippen molar-refractivity contribution in [1.82, 2.24) is 5.32 Å². The van der Waals surface area contributed by atoms with Gasteiger partial charge in [-0.15, -0.1) is 11.8 Å². The highest BCUT2D eigenvalue weighted by Crippen LogP contribution is 2.27. The summed E-state index contributed by atoms with van der Waals surface area (Å²) in [5.74, 6) is -0.887. The quantitative estimate of drug-likeness (QED) is 0.346. The van der Waals surface area contributed by atoms with Gasteiger partial charge in [0.25, 0.3) is 11.8 Å². The van der Waals surface area contributed by atoms with E-state index in [1.165, 1.54) is 6.08 Å². The molecule has 30 heavy (non-hydrogen) atoms. The molecular weight excluding hydrogens is 439 g/mol. The van der Waals surface area contributed by atoms with Crippen LogP contribution in [0.2, 0.25) is 10.0 Å². The number of thioether (sulfide) groups is 1. The number of benzene rings is 3. The Morgan fingerprint density at radius 1 is 0.933 bits per heavy atom. The second-order valence-electron chi connectivity index (χ2n) is 6.21. The van der Waals surface area contributed by atoms with Crippen molar-refractivity contribution < 1.29 is 9.59 Å². The van der Waals surface area contributed by atoms with E-state index >= 15 is 0 Å². The minimum atomic E-state index is -0.478. The highest BCUT2D eigenvalue weighted by molar-refractivity contribution is 7.98. The van der Waals surface area contributed by atoms with E-state index in [9.17, 15) is 9.59 Å². The highest BCUT2D eigenvalue weighted by atomic mass is 35.5. The molecule has 0 aliphatic rings. The van der Waals surface area contributed by atoms with E-state index in [-0.39, 0.29) is 5.70 Å². The zero-order valence-corrected chi connectivity index (χ0v) is 18.3. The van der Waals surface area contributed by atoms with Gasteiger partial charge in [-0.2, -0.15) is 0 Å². The van der Waals surface area contributed by atoms with Gasteiger partial charge in [-0.25, -0.2) is 0 Å². The summed E-state index contributed by atoms with van der Waals surface area (Å²) in [6, 6.07) is 21.1. The Morgan fingerprint density at radius 3 is 2.40 bits per heavy atom. The van der Waals surface area contributed by atoms with Crippen molar-refractivity contribution in [3.8, 4) is 0 Å². The van der Waals surface area contributed by atoms with E-state index in [0.717, 1.165) is 4.90 Å². The maximum absolute atomic E-state index is 13.0. The molecular formula is C23H18Cl2N2O2S. The third-order valence-corrected chi connectivity index (χ3v) is 5.70. The maximum atomic E-state index is 13.0. The topological polar surface area (TPSA) is 58.2 Å². The fourth-order valence-electron chi connectivity index (χ4n) is 2.63. The summed E-state index contributed by atoms with van der Waals surface area (Å²) in [4.78, 5) is 26.7. The molecule has 4 nitrogen and oxygen atoms in total. The number of nitrogens with one attached hydrogen (secondary N) is 2. The average molecular weight is 457 g/mol. The Morgan fingerprint density at radius 2 is 1.67 bits per heavy atom. The number of hydrogen-bond donors (Lipinski definition) is 2. The molecule has 3 rings (SSSR count). The van der Waals surface area contributed by atoms with Crippen LogP contribution in [-0.4, -0.2) is 18.1 Å². The van der Waals surface area contributed by atoms with Crippen LogP contribution < -0.4 is 10.6 Å². The second kappa shape index (κ2) is 10.3. The average Bonchev–Trinajstić information content (AvgIpc) is 2.77. The lowest BCUT2D eigenvalue weighted by Crippen LogP contribution is -2.30. The van der Waals surface area contributed by atoms with Crippen LogP contribution >= 0.6 is 35.0 Å². The van der Waals surface area contributed by atoms with Gasteiger partial charge in [0.2, 0.25) is 0 Å². The lowest BCUT2D eigenvalue weighted by atomic mass is 10.1. The Balaban J connectivity index is 1.93. The van der Waals surface area contributed by atoms with Gasteiger partial charge >= 0.3 is 0 Å². The fourth-order valence-corrected chi connectivity index (χ4v) is 3.45. The first-order valence-corrected chi connectivity index (χ1v) is 10.9. The van der Waals surface area contributed by atoms with Crippen LogP contribution in [0.3, 0.4) is 0 Å². The summed E-state index contributed by atoms with van der Waals surface area (Å²) >= 11 is 13.9. The zero-order valence-electron chi connectivity index (χ0n) is 16.0. The van der Waals surface area contributed by atoms with Crippen LogP contribution in [0.5, 0.6) is 0 Å². The van der Waals surface area contributed by atoms with Crippen molar-refractivity contribution in [3.05, 3.63) is 99.7 Å². The molecule has 3 aromatic carbocycles. The largest absolute Gasteiger partial charge is 0.321 e.